The van der Waals surface area contributed by atoms with Crippen LogP contribution in [0, 0.1) is 13.8 Å². The lowest BCUT2D eigenvalue weighted by atomic mass is 10.0. The van der Waals surface area contributed by atoms with Crippen molar-refractivity contribution in [1.29, 1.82) is 0 Å². The minimum Gasteiger partial charge on any atom is -0.376 e. The molecule has 5 heteroatoms. The quantitative estimate of drug-likeness (QED) is 0.758. The van der Waals surface area contributed by atoms with Crippen molar-refractivity contribution >= 4 is 17.5 Å². The van der Waals surface area contributed by atoms with Crippen LogP contribution in [0.1, 0.15) is 40.0 Å². The van der Waals surface area contributed by atoms with E-state index >= 15 is 0 Å². The van der Waals surface area contributed by atoms with Gasteiger partial charge in [0.1, 0.15) is 0 Å². The van der Waals surface area contributed by atoms with Gasteiger partial charge < -0.3 is 16.0 Å². The largest absolute Gasteiger partial charge is 0.376 e. The number of hydrogen-bond acceptors (Lipinski definition) is 3. The molecule has 132 valence electrons. The van der Waals surface area contributed by atoms with E-state index in [1.807, 2.05) is 19.1 Å². The highest BCUT2D eigenvalue weighted by atomic mass is 16.2. The van der Waals surface area contributed by atoms with Crippen LogP contribution in [-0.4, -0.2) is 25.4 Å². The van der Waals surface area contributed by atoms with Crippen LogP contribution in [0.5, 0.6) is 0 Å². The van der Waals surface area contributed by atoms with Gasteiger partial charge in [-0.25, -0.2) is 0 Å². The average Bonchev–Trinajstić information content (AvgIpc) is 2.61. The Morgan fingerprint density at radius 2 is 1.76 bits per heavy atom. The standard InChI is InChI=1S/C20H25N3O2/c1-13-9-10-16(11-14(13)2)15(3)23-19(24)12-22-18-8-6-5-7-17(18)20(25)21-4/h5-11,15,22H,12H2,1-4H3,(H,21,25)(H,23,24). The van der Waals surface area contributed by atoms with Crippen molar-refractivity contribution in [3.63, 3.8) is 0 Å². The van der Waals surface area contributed by atoms with Crippen molar-refractivity contribution in [2.75, 3.05) is 18.9 Å². The van der Waals surface area contributed by atoms with Crippen LogP contribution in [0.4, 0.5) is 5.69 Å². The molecule has 25 heavy (non-hydrogen) atoms. The van der Waals surface area contributed by atoms with Gasteiger partial charge in [-0.05, 0) is 49.6 Å². The van der Waals surface area contributed by atoms with Crippen molar-refractivity contribution in [2.45, 2.75) is 26.8 Å². The van der Waals surface area contributed by atoms with Crippen molar-refractivity contribution in [1.82, 2.24) is 10.6 Å². The molecule has 0 aliphatic carbocycles. The molecule has 0 saturated heterocycles. The van der Waals surface area contributed by atoms with Gasteiger partial charge in [0, 0.05) is 12.7 Å². The van der Waals surface area contributed by atoms with Crippen LogP contribution in [0.2, 0.25) is 0 Å². The number of para-hydroxylation sites is 1. The highest BCUT2D eigenvalue weighted by molar-refractivity contribution is 5.99. The molecule has 0 spiro atoms. The number of benzene rings is 2. The first-order valence-electron chi connectivity index (χ1n) is 8.34. The maximum absolute atomic E-state index is 12.2. The Morgan fingerprint density at radius 3 is 2.44 bits per heavy atom. The number of anilines is 1. The lowest BCUT2D eigenvalue weighted by Crippen LogP contribution is -2.32. The van der Waals surface area contributed by atoms with Gasteiger partial charge in [0.2, 0.25) is 5.91 Å². The van der Waals surface area contributed by atoms with Crippen molar-refractivity contribution < 1.29 is 9.59 Å². The topological polar surface area (TPSA) is 70.2 Å². The fourth-order valence-electron chi connectivity index (χ4n) is 2.56. The van der Waals surface area contributed by atoms with E-state index < -0.39 is 0 Å². The Bertz CT molecular complexity index is 771. The summed E-state index contributed by atoms with van der Waals surface area (Å²) < 4.78 is 0. The van der Waals surface area contributed by atoms with Crippen LogP contribution < -0.4 is 16.0 Å². The summed E-state index contributed by atoms with van der Waals surface area (Å²) in [6, 6.07) is 13.2. The lowest BCUT2D eigenvalue weighted by molar-refractivity contribution is -0.120. The monoisotopic (exact) mass is 339 g/mol. The highest BCUT2D eigenvalue weighted by Gasteiger charge is 2.12. The number of hydrogen-bond donors (Lipinski definition) is 3. The Labute approximate surface area is 148 Å². The summed E-state index contributed by atoms with van der Waals surface area (Å²) in [5.74, 6) is -0.315. The van der Waals surface area contributed by atoms with E-state index in [4.69, 9.17) is 0 Å². The van der Waals surface area contributed by atoms with Gasteiger partial charge >= 0.3 is 0 Å². The van der Waals surface area contributed by atoms with Crippen molar-refractivity contribution in [2.24, 2.45) is 0 Å². The maximum Gasteiger partial charge on any atom is 0.253 e. The molecule has 0 aliphatic rings. The summed E-state index contributed by atoms with van der Waals surface area (Å²) in [5.41, 5.74) is 4.66. The Hall–Kier alpha value is -2.82. The second kappa shape index (κ2) is 8.33. The third-order valence-corrected chi connectivity index (χ3v) is 4.25. The van der Waals surface area contributed by atoms with E-state index in [0.717, 1.165) is 5.56 Å². The van der Waals surface area contributed by atoms with E-state index in [1.54, 1.807) is 25.2 Å². The smallest absolute Gasteiger partial charge is 0.253 e. The van der Waals surface area contributed by atoms with Gasteiger partial charge in [0.15, 0.2) is 0 Å². The van der Waals surface area contributed by atoms with Gasteiger partial charge in [0.05, 0.1) is 18.2 Å². The molecule has 0 radical (unpaired) electrons. The fraction of sp³-hybridized carbons (Fsp3) is 0.300. The first-order valence-corrected chi connectivity index (χ1v) is 8.34. The Morgan fingerprint density at radius 1 is 1.04 bits per heavy atom. The first-order chi connectivity index (χ1) is 11.9. The Kier molecular flexibility index (Phi) is 6.17. The van der Waals surface area contributed by atoms with E-state index in [1.165, 1.54) is 11.1 Å². The van der Waals surface area contributed by atoms with E-state index in [9.17, 15) is 9.59 Å². The number of rotatable bonds is 6. The first kappa shape index (κ1) is 18.5. The molecule has 2 amide bonds. The summed E-state index contributed by atoms with van der Waals surface area (Å²) in [7, 11) is 1.58. The summed E-state index contributed by atoms with van der Waals surface area (Å²) in [5, 5.41) is 8.60. The van der Waals surface area contributed by atoms with Gasteiger partial charge in [-0.2, -0.15) is 0 Å². The molecule has 5 nitrogen and oxygen atoms in total. The number of amides is 2. The van der Waals surface area contributed by atoms with Crippen LogP contribution >= 0.6 is 0 Å². The predicted octanol–water partition coefficient (Wildman–Crippen LogP) is 2.95. The molecule has 1 atom stereocenters. The molecular weight excluding hydrogens is 314 g/mol. The molecule has 0 bridgehead atoms. The van der Waals surface area contributed by atoms with Crippen LogP contribution in [-0.2, 0) is 4.79 Å². The molecular formula is C20H25N3O2. The summed E-state index contributed by atoms with van der Waals surface area (Å²) in [6.07, 6.45) is 0. The summed E-state index contributed by atoms with van der Waals surface area (Å²) in [6.45, 7) is 6.19. The third kappa shape index (κ3) is 4.83. The molecule has 1 unspecified atom stereocenters. The predicted molar refractivity (Wildman–Crippen MR) is 101 cm³/mol. The molecule has 2 rings (SSSR count). The fourth-order valence-corrected chi connectivity index (χ4v) is 2.56. The van der Waals surface area contributed by atoms with E-state index in [-0.39, 0.29) is 24.4 Å². The maximum atomic E-state index is 12.2. The zero-order valence-electron chi connectivity index (χ0n) is 15.1. The van der Waals surface area contributed by atoms with E-state index in [2.05, 4.69) is 41.9 Å². The van der Waals surface area contributed by atoms with Crippen molar-refractivity contribution in [3.05, 3.63) is 64.7 Å². The van der Waals surface area contributed by atoms with E-state index in [0.29, 0.717) is 11.3 Å². The normalized spacial score (nSPS) is 11.5. The molecule has 2 aromatic carbocycles. The van der Waals surface area contributed by atoms with Crippen LogP contribution in [0.3, 0.4) is 0 Å². The SMILES string of the molecule is CNC(=O)c1ccccc1NCC(=O)NC(C)c1ccc(C)c(C)c1. The highest BCUT2D eigenvalue weighted by Crippen LogP contribution is 2.17. The zero-order valence-corrected chi connectivity index (χ0v) is 15.1. The lowest BCUT2D eigenvalue weighted by Gasteiger charge is -2.17. The number of nitrogens with one attached hydrogen (secondary N) is 3. The second-order valence-electron chi connectivity index (χ2n) is 6.11. The van der Waals surface area contributed by atoms with Crippen LogP contribution in [0.15, 0.2) is 42.5 Å². The molecule has 0 aliphatic heterocycles. The van der Waals surface area contributed by atoms with Gasteiger partial charge in [0.25, 0.3) is 5.91 Å². The number of aryl methyl sites for hydroxylation is 2. The van der Waals surface area contributed by atoms with Gasteiger partial charge in [-0.1, -0.05) is 30.3 Å². The molecule has 2 aromatic rings. The number of carbonyl (C=O) groups is 2. The van der Waals surface area contributed by atoms with Gasteiger partial charge in [-0.15, -0.1) is 0 Å². The van der Waals surface area contributed by atoms with Gasteiger partial charge in [-0.3, -0.25) is 9.59 Å². The zero-order chi connectivity index (χ0) is 18.4. The second-order valence-corrected chi connectivity index (χ2v) is 6.11. The average molecular weight is 339 g/mol. The molecule has 0 aromatic heterocycles. The molecule has 0 heterocycles. The summed E-state index contributed by atoms with van der Waals surface area (Å²) >= 11 is 0. The molecule has 0 fully saturated rings. The minimum absolute atomic E-state index is 0.0808. The summed E-state index contributed by atoms with van der Waals surface area (Å²) in [4.78, 5) is 24.1. The van der Waals surface area contributed by atoms with Crippen molar-refractivity contribution in [3.8, 4) is 0 Å². The van der Waals surface area contributed by atoms with Crippen LogP contribution in [0.25, 0.3) is 0 Å². The third-order valence-electron chi connectivity index (χ3n) is 4.25. The molecule has 0 saturated carbocycles. The number of carbonyl (C=O) groups excluding carboxylic acids is 2. The Balaban J connectivity index is 1.97. The molecule has 3 N–H and O–H groups in total. The minimum atomic E-state index is -0.188.